The molecule has 6 heteroatoms. The lowest BCUT2D eigenvalue weighted by atomic mass is 10.2. The first-order valence-corrected chi connectivity index (χ1v) is 7.56. The summed E-state index contributed by atoms with van der Waals surface area (Å²) in [5.74, 6) is 1.85. The Morgan fingerprint density at radius 3 is 2.33 bits per heavy atom. The number of carbonyl (C=O) groups is 1. The zero-order valence-corrected chi connectivity index (χ0v) is 14.1. The number of amides is 1. The fourth-order valence-electron chi connectivity index (χ4n) is 2.24. The van der Waals surface area contributed by atoms with Crippen molar-refractivity contribution in [1.29, 1.82) is 0 Å². The van der Waals surface area contributed by atoms with Gasteiger partial charge in [0.2, 0.25) is 5.91 Å². The van der Waals surface area contributed by atoms with E-state index in [1.54, 1.807) is 39.5 Å². The lowest BCUT2D eigenvalue weighted by molar-refractivity contribution is -0.115. The average Bonchev–Trinajstić information content (AvgIpc) is 2.62. The van der Waals surface area contributed by atoms with Gasteiger partial charge in [-0.15, -0.1) is 0 Å². The van der Waals surface area contributed by atoms with E-state index in [0.717, 1.165) is 11.4 Å². The first-order chi connectivity index (χ1) is 11.7. The van der Waals surface area contributed by atoms with Gasteiger partial charge in [-0.3, -0.25) is 4.79 Å². The van der Waals surface area contributed by atoms with E-state index < -0.39 is 0 Å². The Hall–Kier alpha value is -2.89. The zero-order chi connectivity index (χ0) is 17.4. The first kappa shape index (κ1) is 17.5. The molecular weight excluding hydrogens is 308 g/mol. The van der Waals surface area contributed by atoms with Crippen LogP contribution in [0.1, 0.15) is 6.42 Å². The van der Waals surface area contributed by atoms with Crippen LogP contribution in [0.4, 0.5) is 11.4 Å². The Bertz CT molecular complexity index is 688. The number of ether oxygens (including phenoxy) is 3. The second-order valence-electron chi connectivity index (χ2n) is 4.99. The standard InChI is InChI=1S/C18H22N2O4/c1-22-15-7-5-4-6-14(15)19-11-10-18(21)20-13-8-9-16(23-2)17(12-13)24-3/h4-9,12,19H,10-11H2,1-3H3,(H,20,21). The molecule has 0 aliphatic carbocycles. The molecular formula is C18H22N2O4. The average molecular weight is 330 g/mol. The maximum absolute atomic E-state index is 12.1. The number of benzene rings is 2. The van der Waals surface area contributed by atoms with Gasteiger partial charge < -0.3 is 24.8 Å². The van der Waals surface area contributed by atoms with Crippen LogP contribution < -0.4 is 24.8 Å². The molecule has 2 aromatic carbocycles. The molecule has 0 radical (unpaired) electrons. The largest absolute Gasteiger partial charge is 0.495 e. The van der Waals surface area contributed by atoms with Crippen LogP contribution >= 0.6 is 0 Å². The summed E-state index contributed by atoms with van der Waals surface area (Å²) in [5.41, 5.74) is 1.52. The molecule has 0 unspecified atom stereocenters. The molecule has 0 saturated heterocycles. The van der Waals surface area contributed by atoms with Crippen LogP contribution in [0.2, 0.25) is 0 Å². The molecule has 6 nitrogen and oxygen atoms in total. The fourth-order valence-corrected chi connectivity index (χ4v) is 2.24. The molecule has 0 bridgehead atoms. The van der Waals surface area contributed by atoms with Crippen molar-refractivity contribution in [3.63, 3.8) is 0 Å². The second kappa shape index (κ2) is 8.67. The van der Waals surface area contributed by atoms with Gasteiger partial charge >= 0.3 is 0 Å². The number of hydrogen-bond acceptors (Lipinski definition) is 5. The quantitative estimate of drug-likeness (QED) is 0.778. The number of methoxy groups -OCH3 is 3. The molecule has 0 spiro atoms. The maximum atomic E-state index is 12.1. The Labute approximate surface area is 141 Å². The molecule has 0 aliphatic heterocycles. The van der Waals surface area contributed by atoms with Crippen LogP contribution in [0.5, 0.6) is 17.2 Å². The normalized spacial score (nSPS) is 9.96. The van der Waals surface area contributed by atoms with E-state index in [0.29, 0.717) is 30.2 Å². The summed E-state index contributed by atoms with van der Waals surface area (Å²) in [6.07, 6.45) is 0.326. The molecule has 0 saturated carbocycles. The van der Waals surface area contributed by atoms with Crippen LogP contribution in [-0.2, 0) is 4.79 Å². The topological polar surface area (TPSA) is 68.8 Å². The van der Waals surface area contributed by atoms with Crippen LogP contribution in [0, 0.1) is 0 Å². The number of nitrogens with one attached hydrogen (secondary N) is 2. The predicted molar refractivity (Wildman–Crippen MR) is 94.3 cm³/mol. The van der Waals surface area contributed by atoms with E-state index in [1.165, 1.54) is 0 Å². The number of rotatable bonds is 8. The SMILES string of the molecule is COc1ccccc1NCCC(=O)Nc1ccc(OC)c(OC)c1. The van der Waals surface area contributed by atoms with Crippen molar-refractivity contribution in [1.82, 2.24) is 0 Å². The molecule has 0 aromatic heterocycles. The number of para-hydroxylation sites is 2. The third-order valence-electron chi connectivity index (χ3n) is 3.44. The van der Waals surface area contributed by atoms with Crippen LogP contribution in [-0.4, -0.2) is 33.8 Å². The summed E-state index contributed by atoms with van der Waals surface area (Å²) in [4.78, 5) is 12.1. The Kier molecular flexibility index (Phi) is 6.31. The molecule has 2 aromatic rings. The van der Waals surface area contributed by atoms with E-state index in [-0.39, 0.29) is 5.91 Å². The molecule has 2 N–H and O–H groups in total. The molecule has 0 fully saturated rings. The van der Waals surface area contributed by atoms with Gasteiger partial charge in [0.05, 0.1) is 27.0 Å². The Morgan fingerprint density at radius 2 is 1.62 bits per heavy atom. The van der Waals surface area contributed by atoms with Gasteiger partial charge in [-0.1, -0.05) is 12.1 Å². The van der Waals surface area contributed by atoms with Crippen LogP contribution in [0.25, 0.3) is 0 Å². The number of carbonyl (C=O) groups excluding carboxylic acids is 1. The van der Waals surface area contributed by atoms with Gasteiger partial charge in [-0.2, -0.15) is 0 Å². The molecule has 0 aliphatic rings. The summed E-state index contributed by atoms with van der Waals surface area (Å²) in [6.45, 7) is 0.500. The van der Waals surface area contributed by atoms with Gasteiger partial charge in [-0.25, -0.2) is 0 Å². The Morgan fingerprint density at radius 1 is 0.917 bits per heavy atom. The minimum Gasteiger partial charge on any atom is -0.495 e. The summed E-state index contributed by atoms with van der Waals surface area (Å²) in [5, 5.41) is 6.03. The van der Waals surface area contributed by atoms with E-state index in [4.69, 9.17) is 14.2 Å². The van der Waals surface area contributed by atoms with E-state index in [1.807, 2.05) is 24.3 Å². The minimum absolute atomic E-state index is 0.0929. The van der Waals surface area contributed by atoms with Crippen LogP contribution in [0.15, 0.2) is 42.5 Å². The minimum atomic E-state index is -0.0929. The second-order valence-corrected chi connectivity index (χ2v) is 4.99. The van der Waals surface area contributed by atoms with Gasteiger partial charge in [0.25, 0.3) is 0 Å². The lowest BCUT2D eigenvalue weighted by Gasteiger charge is -2.12. The van der Waals surface area contributed by atoms with Crippen molar-refractivity contribution in [3.05, 3.63) is 42.5 Å². The summed E-state index contributed by atoms with van der Waals surface area (Å²) < 4.78 is 15.6. The number of hydrogen-bond donors (Lipinski definition) is 2. The first-order valence-electron chi connectivity index (χ1n) is 7.56. The molecule has 0 atom stereocenters. The van der Waals surface area contributed by atoms with Crippen molar-refractivity contribution in [2.45, 2.75) is 6.42 Å². The third-order valence-corrected chi connectivity index (χ3v) is 3.44. The summed E-state index contributed by atoms with van der Waals surface area (Å²) in [7, 11) is 4.74. The monoisotopic (exact) mass is 330 g/mol. The molecule has 1 amide bonds. The third kappa shape index (κ3) is 4.55. The molecule has 128 valence electrons. The Balaban J connectivity index is 1.87. The maximum Gasteiger partial charge on any atom is 0.226 e. The van der Waals surface area contributed by atoms with E-state index in [9.17, 15) is 4.79 Å². The van der Waals surface area contributed by atoms with Crippen molar-refractivity contribution < 1.29 is 19.0 Å². The molecule has 2 rings (SSSR count). The smallest absolute Gasteiger partial charge is 0.226 e. The van der Waals surface area contributed by atoms with Crippen molar-refractivity contribution in [2.75, 3.05) is 38.5 Å². The highest BCUT2D eigenvalue weighted by Gasteiger charge is 2.08. The highest BCUT2D eigenvalue weighted by Crippen LogP contribution is 2.29. The van der Waals surface area contributed by atoms with Gasteiger partial charge in [0.1, 0.15) is 5.75 Å². The highest BCUT2D eigenvalue weighted by atomic mass is 16.5. The van der Waals surface area contributed by atoms with Gasteiger partial charge in [0, 0.05) is 24.7 Å². The van der Waals surface area contributed by atoms with Gasteiger partial charge in [0.15, 0.2) is 11.5 Å². The summed E-state index contributed by atoms with van der Waals surface area (Å²) in [6, 6.07) is 12.8. The van der Waals surface area contributed by atoms with Crippen molar-refractivity contribution in [3.8, 4) is 17.2 Å². The van der Waals surface area contributed by atoms with Gasteiger partial charge in [-0.05, 0) is 24.3 Å². The fraction of sp³-hybridized carbons (Fsp3) is 0.278. The van der Waals surface area contributed by atoms with Crippen LogP contribution in [0.3, 0.4) is 0 Å². The summed E-state index contributed by atoms with van der Waals surface area (Å²) >= 11 is 0. The van der Waals surface area contributed by atoms with E-state index >= 15 is 0 Å². The number of anilines is 2. The van der Waals surface area contributed by atoms with Crippen molar-refractivity contribution >= 4 is 17.3 Å². The molecule has 24 heavy (non-hydrogen) atoms. The van der Waals surface area contributed by atoms with Crippen molar-refractivity contribution in [2.24, 2.45) is 0 Å². The zero-order valence-electron chi connectivity index (χ0n) is 14.1. The predicted octanol–water partition coefficient (Wildman–Crippen LogP) is 3.15. The lowest BCUT2D eigenvalue weighted by Crippen LogP contribution is -2.16. The molecule has 0 heterocycles. The van der Waals surface area contributed by atoms with E-state index in [2.05, 4.69) is 10.6 Å². The highest BCUT2D eigenvalue weighted by molar-refractivity contribution is 5.91.